The molecule has 1 fully saturated rings. The normalized spacial score (nSPS) is 14.7. The number of carbonyl (C=O) groups is 1. The van der Waals surface area contributed by atoms with E-state index in [1.54, 1.807) is 0 Å². The largest absolute Gasteiger partial charge is 0.379 e. The van der Waals surface area contributed by atoms with E-state index in [0.29, 0.717) is 11.7 Å². The summed E-state index contributed by atoms with van der Waals surface area (Å²) in [6.45, 7) is 4.73. The number of hydrogen-bond donors (Lipinski definition) is 2. The molecule has 0 unspecified atom stereocenters. The Balaban J connectivity index is 1.35. The van der Waals surface area contributed by atoms with Crippen molar-refractivity contribution in [2.45, 2.75) is 0 Å². The van der Waals surface area contributed by atoms with Gasteiger partial charge in [0.05, 0.1) is 13.2 Å². The van der Waals surface area contributed by atoms with Gasteiger partial charge in [-0.3, -0.25) is 10.2 Å². The van der Waals surface area contributed by atoms with Crippen molar-refractivity contribution in [3.8, 4) is 0 Å². The highest BCUT2D eigenvalue weighted by atomic mass is 32.1. The Bertz CT molecular complexity index is 958. The van der Waals surface area contributed by atoms with Crippen LogP contribution in [0.4, 0.5) is 21.4 Å². The molecule has 29 heavy (non-hydrogen) atoms. The summed E-state index contributed by atoms with van der Waals surface area (Å²) in [4.78, 5) is 26.4. The van der Waals surface area contributed by atoms with Gasteiger partial charge in [0.2, 0.25) is 0 Å². The molecule has 152 valence electrons. The minimum Gasteiger partial charge on any atom is -0.379 e. The lowest BCUT2D eigenvalue weighted by molar-refractivity contribution is 0.0388. The third-order valence-electron chi connectivity index (χ3n) is 4.77. The number of ether oxygens (including phenoxy) is 1. The molecule has 0 aliphatic carbocycles. The van der Waals surface area contributed by atoms with Gasteiger partial charge < -0.3 is 15.0 Å². The van der Waals surface area contributed by atoms with Crippen LogP contribution in [0.2, 0.25) is 0 Å². The zero-order valence-corrected chi connectivity index (χ0v) is 17.1. The molecule has 0 atom stereocenters. The number of benzene rings is 1. The molecule has 1 aliphatic rings. The minimum atomic E-state index is -0.251. The summed E-state index contributed by atoms with van der Waals surface area (Å²) >= 11 is 1.37. The highest BCUT2D eigenvalue weighted by molar-refractivity contribution is 7.22. The fourth-order valence-corrected chi connectivity index (χ4v) is 3.95. The number of nitrogens with one attached hydrogen (secondary N) is 2. The summed E-state index contributed by atoms with van der Waals surface area (Å²) in [7, 11) is 1.98. The van der Waals surface area contributed by atoms with Crippen LogP contribution in [0.3, 0.4) is 0 Å². The van der Waals surface area contributed by atoms with Crippen LogP contribution in [0.15, 0.2) is 42.5 Å². The van der Waals surface area contributed by atoms with E-state index in [1.165, 1.54) is 11.3 Å². The van der Waals surface area contributed by atoms with Crippen LogP contribution in [-0.2, 0) is 4.74 Å². The van der Waals surface area contributed by atoms with Gasteiger partial charge >= 0.3 is 6.03 Å². The van der Waals surface area contributed by atoms with Gasteiger partial charge in [0.25, 0.3) is 0 Å². The summed E-state index contributed by atoms with van der Waals surface area (Å²) < 4.78 is 5.33. The smallest absolute Gasteiger partial charge is 0.321 e. The van der Waals surface area contributed by atoms with Crippen molar-refractivity contribution in [2.24, 2.45) is 0 Å². The van der Waals surface area contributed by atoms with E-state index in [9.17, 15) is 4.79 Å². The average molecular weight is 413 g/mol. The molecule has 1 aliphatic heterocycles. The molecule has 0 radical (unpaired) electrons. The van der Waals surface area contributed by atoms with Crippen LogP contribution >= 0.6 is 11.3 Å². The first-order chi connectivity index (χ1) is 14.2. The first kappa shape index (κ1) is 19.6. The molecule has 3 aromatic rings. The minimum absolute atomic E-state index is 0.251. The van der Waals surface area contributed by atoms with Crippen LogP contribution in [0.5, 0.6) is 0 Å². The number of fused-ring (bicyclic) bond motifs is 1. The third kappa shape index (κ3) is 5.00. The van der Waals surface area contributed by atoms with E-state index in [0.717, 1.165) is 54.7 Å². The number of anilines is 3. The number of para-hydroxylation sites is 1. The maximum absolute atomic E-state index is 12.2. The second kappa shape index (κ2) is 9.17. The Labute approximate surface area is 173 Å². The maximum Gasteiger partial charge on any atom is 0.321 e. The third-order valence-corrected chi connectivity index (χ3v) is 5.65. The number of thiazole rings is 1. The SMILES string of the molecule is CN(c1ccccc1)c1ccc2nc(NC(=O)NCCN3CCOCC3)sc2n1. The fourth-order valence-electron chi connectivity index (χ4n) is 3.13. The molecule has 3 heterocycles. The molecule has 0 bridgehead atoms. The number of nitrogens with zero attached hydrogens (tertiary/aromatic N) is 4. The fraction of sp³-hybridized carbons (Fsp3) is 0.350. The summed E-state index contributed by atoms with van der Waals surface area (Å²) in [5.74, 6) is 0.828. The molecule has 2 N–H and O–H groups in total. The van der Waals surface area contributed by atoms with Gasteiger partial charge in [0, 0.05) is 38.9 Å². The number of urea groups is 1. The topological polar surface area (TPSA) is 82.6 Å². The van der Waals surface area contributed by atoms with Crippen molar-refractivity contribution in [2.75, 3.05) is 56.7 Å². The maximum atomic E-state index is 12.2. The van der Waals surface area contributed by atoms with Gasteiger partial charge in [-0.2, -0.15) is 0 Å². The molecule has 0 spiro atoms. The summed E-state index contributed by atoms with van der Waals surface area (Å²) in [6, 6.07) is 13.7. The zero-order valence-electron chi connectivity index (χ0n) is 16.3. The number of hydrogen-bond acceptors (Lipinski definition) is 7. The van der Waals surface area contributed by atoms with Gasteiger partial charge in [-0.25, -0.2) is 14.8 Å². The second-order valence-electron chi connectivity index (χ2n) is 6.74. The first-order valence-electron chi connectivity index (χ1n) is 9.60. The highest BCUT2D eigenvalue weighted by Crippen LogP contribution is 2.28. The lowest BCUT2D eigenvalue weighted by atomic mass is 10.3. The van der Waals surface area contributed by atoms with Crippen molar-refractivity contribution in [3.05, 3.63) is 42.5 Å². The first-order valence-corrected chi connectivity index (χ1v) is 10.4. The number of rotatable bonds is 6. The molecule has 4 rings (SSSR count). The van der Waals surface area contributed by atoms with Crippen molar-refractivity contribution in [3.63, 3.8) is 0 Å². The van der Waals surface area contributed by atoms with E-state index in [-0.39, 0.29) is 6.03 Å². The molecular formula is C20H24N6O2S. The van der Waals surface area contributed by atoms with Gasteiger partial charge in [-0.15, -0.1) is 0 Å². The monoisotopic (exact) mass is 412 g/mol. The Kier molecular flexibility index (Phi) is 6.18. The highest BCUT2D eigenvalue weighted by Gasteiger charge is 2.13. The van der Waals surface area contributed by atoms with Gasteiger partial charge in [-0.1, -0.05) is 29.5 Å². The Morgan fingerprint density at radius 3 is 2.76 bits per heavy atom. The predicted octanol–water partition coefficient (Wildman–Crippen LogP) is 2.91. The molecule has 0 saturated carbocycles. The average Bonchev–Trinajstić information content (AvgIpc) is 3.16. The quantitative estimate of drug-likeness (QED) is 0.648. The van der Waals surface area contributed by atoms with Gasteiger partial charge in [0.1, 0.15) is 16.2 Å². The summed E-state index contributed by atoms with van der Waals surface area (Å²) in [5.41, 5.74) is 1.82. The zero-order chi connectivity index (χ0) is 20.1. The van der Waals surface area contributed by atoms with Crippen molar-refractivity contribution >= 4 is 44.4 Å². The van der Waals surface area contributed by atoms with Gasteiger partial charge in [-0.05, 0) is 24.3 Å². The standard InChI is InChI=1S/C20H24N6O2S/c1-25(15-5-3-2-4-6-15)17-8-7-16-18(23-17)29-20(22-16)24-19(27)21-9-10-26-11-13-28-14-12-26/h2-8H,9-14H2,1H3,(H2,21,22,24,27). The molecule has 1 saturated heterocycles. The van der Waals surface area contributed by atoms with Crippen molar-refractivity contribution < 1.29 is 9.53 Å². The van der Waals surface area contributed by atoms with Crippen LogP contribution in [0.25, 0.3) is 10.3 Å². The lowest BCUT2D eigenvalue weighted by Gasteiger charge is -2.26. The predicted molar refractivity (Wildman–Crippen MR) is 116 cm³/mol. The lowest BCUT2D eigenvalue weighted by Crippen LogP contribution is -2.42. The van der Waals surface area contributed by atoms with Crippen LogP contribution in [0.1, 0.15) is 0 Å². The van der Waals surface area contributed by atoms with Crippen LogP contribution in [0, 0.1) is 0 Å². The second-order valence-corrected chi connectivity index (χ2v) is 7.72. The van der Waals surface area contributed by atoms with Crippen LogP contribution < -0.4 is 15.5 Å². The Hall–Kier alpha value is -2.75. The molecule has 2 aromatic heterocycles. The number of aromatic nitrogens is 2. The van der Waals surface area contributed by atoms with Gasteiger partial charge in [0.15, 0.2) is 5.13 Å². The van der Waals surface area contributed by atoms with E-state index in [2.05, 4.69) is 20.5 Å². The summed E-state index contributed by atoms with van der Waals surface area (Å²) in [5, 5.41) is 6.23. The molecule has 8 nitrogen and oxygen atoms in total. The molecule has 1 aromatic carbocycles. The van der Waals surface area contributed by atoms with Crippen LogP contribution in [-0.4, -0.2) is 67.3 Å². The van der Waals surface area contributed by atoms with E-state index >= 15 is 0 Å². The van der Waals surface area contributed by atoms with Crippen molar-refractivity contribution in [1.82, 2.24) is 20.2 Å². The molecular weight excluding hydrogens is 388 g/mol. The number of carbonyl (C=O) groups excluding carboxylic acids is 1. The Morgan fingerprint density at radius 2 is 1.97 bits per heavy atom. The number of pyridine rings is 1. The Morgan fingerprint density at radius 1 is 1.17 bits per heavy atom. The number of morpholine rings is 1. The van der Waals surface area contributed by atoms with E-state index in [1.807, 2.05) is 54.4 Å². The van der Waals surface area contributed by atoms with Crippen molar-refractivity contribution in [1.29, 1.82) is 0 Å². The summed E-state index contributed by atoms with van der Waals surface area (Å²) in [6.07, 6.45) is 0. The molecule has 9 heteroatoms. The van der Waals surface area contributed by atoms with E-state index in [4.69, 9.17) is 9.72 Å². The molecule has 2 amide bonds. The van der Waals surface area contributed by atoms with E-state index < -0.39 is 0 Å². The number of amides is 2.